The highest BCUT2D eigenvalue weighted by atomic mass is 16.3. The van der Waals surface area contributed by atoms with Gasteiger partial charge in [-0.1, -0.05) is 135 Å². The average Bonchev–Trinajstić information content (AvgIpc) is 4.09. The molecule has 0 aliphatic heterocycles. The smallest absolute Gasteiger partial charge is 0.135 e. The number of hydrogen-bond donors (Lipinski definition) is 0. The van der Waals surface area contributed by atoms with Crippen molar-refractivity contribution in [2.75, 3.05) is 4.90 Å². The SMILES string of the molecule is CC1(C)c2cc(N(c3ccc(-c4ccc5c(c4)c4ccccc4n5-c4ccccc4)cc3)c3ccc4oc5ccccc5c4c3)ccc2-c2ccc(-n3c4ccccc4c4ccccc43)cc21. The van der Waals surface area contributed by atoms with Crippen LogP contribution in [0.2, 0.25) is 0 Å². The fraction of sp³-hybridized carbons (Fsp3) is 0.0476. The Kier molecular flexibility index (Phi) is 8.00. The number of fused-ring (bicyclic) bond motifs is 12. The van der Waals surface area contributed by atoms with Gasteiger partial charge in [-0.25, -0.2) is 0 Å². The third-order valence-corrected chi connectivity index (χ3v) is 14.5. The molecular formula is C63H43N3O. The van der Waals surface area contributed by atoms with Crippen molar-refractivity contribution in [3.63, 3.8) is 0 Å². The number of anilines is 3. The van der Waals surface area contributed by atoms with Crippen LogP contribution in [-0.4, -0.2) is 9.13 Å². The van der Waals surface area contributed by atoms with Crippen LogP contribution >= 0.6 is 0 Å². The number of para-hydroxylation sites is 5. The van der Waals surface area contributed by atoms with Crippen LogP contribution < -0.4 is 4.90 Å². The summed E-state index contributed by atoms with van der Waals surface area (Å²) in [7, 11) is 0. The highest BCUT2D eigenvalue weighted by molar-refractivity contribution is 6.11. The maximum atomic E-state index is 6.33. The van der Waals surface area contributed by atoms with Crippen molar-refractivity contribution in [3.8, 4) is 33.6 Å². The van der Waals surface area contributed by atoms with E-state index < -0.39 is 0 Å². The number of benzene rings is 10. The highest BCUT2D eigenvalue weighted by Crippen LogP contribution is 2.52. The maximum Gasteiger partial charge on any atom is 0.135 e. The fourth-order valence-electron chi connectivity index (χ4n) is 11.3. The van der Waals surface area contributed by atoms with E-state index in [9.17, 15) is 0 Å². The molecule has 1 aliphatic carbocycles. The molecular weight excluding hydrogens is 815 g/mol. The van der Waals surface area contributed by atoms with Gasteiger partial charge in [0.2, 0.25) is 0 Å². The Morgan fingerprint density at radius 2 is 0.851 bits per heavy atom. The third-order valence-electron chi connectivity index (χ3n) is 14.5. The van der Waals surface area contributed by atoms with Crippen molar-refractivity contribution in [1.29, 1.82) is 0 Å². The van der Waals surface area contributed by atoms with Gasteiger partial charge < -0.3 is 18.5 Å². The number of aromatic nitrogens is 2. The summed E-state index contributed by atoms with van der Waals surface area (Å²) >= 11 is 0. The summed E-state index contributed by atoms with van der Waals surface area (Å²) < 4.78 is 11.1. The first kappa shape index (κ1) is 37.7. The van der Waals surface area contributed by atoms with Gasteiger partial charge in [-0.3, -0.25) is 0 Å². The van der Waals surface area contributed by atoms with E-state index in [2.05, 4.69) is 246 Å². The molecule has 0 fully saturated rings. The summed E-state index contributed by atoms with van der Waals surface area (Å²) in [5, 5.41) is 7.25. The molecule has 0 amide bonds. The van der Waals surface area contributed by atoms with Gasteiger partial charge in [-0.2, -0.15) is 0 Å². The van der Waals surface area contributed by atoms with E-state index in [4.69, 9.17) is 4.42 Å². The lowest BCUT2D eigenvalue weighted by molar-refractivity contribution is 0.660. The Balaban J connectivity index is 0.888. The predicted octanol–water partition coefficient (Wildman–Crippen LogP) is 17.2. The van der Waals surface area contributed by atoms with Crippen molar-refractivity contribution in [2.45, 2.75) is 19.3 Å². The van der Waals surface area contributed by atoms with Crippen LogP contribution in [0.3, 0.4) is 0 Å². The molecule has 0 saturated heterocycles. The second-order valence-corrected chi connectivity index (χ2v) is 18.5. The van der Waals surface area contributed by atoms with E-state index in [1.165, 1.54) is 82.7 Å². The van der Waals surface area contributed by atoms with Gasteiger partial charge in [-0.15, -0.1) is 0 Å². The molecule has 0 saturated carbocycles. The van der Waals surface area contributed by atoms with Crippen LogP contribution in [0.25, 0.3) is 99.2 Å². The van der Waals surface area contributed by atoms with Gasteiger partial charge in [0.15, 0.2) is 0 Å². The lowest BCUT2D eigenvalue weighted by Crippen LogP contribution is -2.17. The topological polar surface area (TPSA) is 26.2 Å². The summed E-state index contributed by atoms with van der Waals surface area (Å²) in [5.41, 5.74) is 19.6. The van der Waals surface area contributed by atoms with Gasteiger partial charge in [0.1, 0.15) is 11.2 Å². The molecule has 0 unspecified atom stereocenters. The second-order valence-electron chi connectivity index (χ2n) is 18.5. The lowest BCUT2D eigenvalue weighted by atomic mass is 9.82. The van der Waals surface area contributed by atoms with Crippen LogP contribution in [0.4, 0.5) is 17.1 Å². The van der Waals surface area contributed by atoms with Crippen LogP contribution in [0, 0.1) is 0 Å². The third kappa shape index (κ3) is 5.60. The summed E-state index contributed by atoms with van der Waals surface area (Å²) in [6.07, 6.45) is 0. The van der Waals surface area contributed by atoms with Crippen molar-refractivity contribution < 1.29 is 4.42 Å². The van der Waals surface area contributed by atoms with E-state index in [1.807, 2.05) is 6.07 Å². The molecule has 0 spiro atoms. The molecule has 67 heavy (non-hydrogen) atoms. The molecule has 316 valence electrons. The molecule has 0 atom stereocenters. The normalized spacial score (nSPS) is 13.0. The van der Waals surface area contributed by atoms with Gasteiger partial charge in [-0.05, 0) is 137 Å². The zero-order chi connectivity index (χ0) is 44.4. The van der Waals surface area contributed by atoms with Crippen LogP contribution in [0.15, 0.2) is 229 Å². The number of furan rings is 1. The molecule has 4 heteroatoms. The molecule has 13 aromatic rings. The van der Waals surface area contributed by atoms with Crippen molar-refractivity contribution in [1.82, 2.24) is 9.13 Å². The fourth-order valence-corrected chi connectivity index (χ4v) is 11.3. The quantitative estimate of drug-likeness (QED) is 0.167. The predicted molar refractivity (Wildman–Crippen MR) is 280 cm³/mol. The Morgan fingerprint density at radius 3 is 1.57 bits per heavy atom. The standard InChI is InChI=1S/C63H43N3O/c1-63(2)55-38-45(29-32-47(55)48-33-30-46(39-56(48)63)66-57-20-10-6-16-49(57)50-17-7-11-21-58(50)66)64(44-31-35-62-54(37-44)52-19-9-13-23-61(52)67-62)43-27-24-40(25-28-43)41-26-34-60-53(36-41)51-18-8-12-22-59(51)65(60)42-14-4-3-5-15-42/h3-39H,1-2H3. The lowest BCUT2D eigenvalue weighted by Gasteiger charge is -2.28. The van der Waals surface area contributed by atoms with Gasteiger partial charge in [0, 0.05) is 66.2 Å². The van der Waals surface area contributed by atoms with Crippen LogP contribution in [0.5, 0.6) is 0 Å². The Labute approximate surface area is 387 Å². The molecule has 10 aromatic carbocycles. The van der Waals surface area contributed by atoms with Gasteiger partial charge in [0.25, 0.3) is 0 Å². The highest BCUT2D eigenvalue weighted by Gasteiger charge is 2.37. The molecule has 4 nitrogen and oxygen atoms in total. The van der Waals surface area contributed by atoms with Crippen molar-refractivity contribution >= 4 is 82.6 Å². The molecule has 0 radical (unpaired) electrons. The van der Waals surface area contributed by atoms with Gasteiger partial charge in [0.05, 0.1) is 22.1 Å². The molecule has 3 aromatic heterocycles. The van der Waals surface area contributed by atoms with Crippen LogP contribution in [0.1, 0.15) is 25.0 Å². The van der Waals surface area contributed by atoms with Crippen molar-refractivity contribution in [2.24, 2.45) is 0 Å². The minimum absolute atomic E-state index is 0.252. The number of hydrogen-bond acceptors (Lipinski definition) is 2. The molecule has 3 heterocycles. The maximum absolute atomic E-state index is 6.33. The Hall–Kier alpha value is -8.60. The molecule has 1 aliphatic rings. The Bertz CT molecular complexity index is 4080. The van der Waals surface area contributed by atoms with E-state index in [-0.39, 0.29) is 5.41 Å². The van der Waals surface area contributed by atoms with Crippen LogP contribution in [-0.2, 0) is 5.41 Å². The molecule has 0 bridgehead atoms. The monoisotopic (exact) mass is 857 g/mol. The first-order valence-electron chi connectivity index (χ1n) is 23.2. The van der Waals surface area contributed by atoms with E-state index in [0.717, 1.165) is 44.7 Å². The summed E-state index contributed by atoms with van der Waals surface area (Å²) in [4.78, 5) is 2.41. The van der Waals surface area contributed by atoms with E-state index in [1.54, 1.807) is 0 Å². The van der Waals surface area contributed by atoms with Crippen molar-refractivity contribution in [3.05, 3.63) is 236 Å². The van der Waals surface area contributed by atoms with E-state index in [0.29, 0.717) is 0 Å². The molecule has 14 rings (SSSR count). The first-order chi connectivity index (χ1) is 33.0. The second kappa shape index (κ2) is 14.2. The zero-order valence-electron chi connectivity index (χ0n) is 37.1. The molecule has 0 N–H and O–H groups in total. The Morgan fingerprint density at radius 1 is 0.343 bits per heavy atom. The minimum Gasteiger partial charge on any atom is -0.456 e. The van der Waals surface area contributed by atoms with E-state index >= 15 is 0 Å². The first-order valence-corrected chi connectivity index (χ1v) is 23.2. The number of rotatable bonds is 6. The summed E-state index contributed by atoms with van der Waals surface area (Å²) in [6.45, 7) is 4.77. The number of nitrogens with zero attached hydrogens (tertiary/aromatic N) is 3. The summed E-state index contributed by atoms with van der Waals surface area (Å²) in [5.74, 6) is 0. The minimum atomic E-state index is -0.252. The average molecular weight is 858 g/mol. The summed E-state index contributed by atoms with van der Waals surface area (Å²) in [6, 6.07) is 82.0. The van der Waals surface area contributed by atoms with Gasteiger partial charge >= 0.3 is 0 Å². The largest absolute Gasteiger partial charge is 0.456 e. The zero-order valence-corrected chi connectivity index (χ0v) is 37.1.